The van der Waals surface area contributed by atoms with Crippen LogP contribution in [-0.4, -0.2) is 101 Å². The molecule has 5 amide bonds. The van der Waals surface area contributed by atoms with E-state index in [1.807, 2.05) is 13.8 Å². The minimum atomic E-state index is -1.74. The number of aliphatic hydroxyl groups excluding tert-OH is 2. The van der Waals surface area contributed by atoms with Crippen molar-refractivity contribution in [1.82, 2.24) is 26.6 Å². The highest BCUT2D eigenvalue weighted by Crippen LogP contribution is 2.09. The molecule has 46 heavy (non-hydrogen) atoms. The van der Waals surface area contributed by atoms with Gasteiger partial charge in [0.1, 0.15) is 37.1 Å². The Labute approximate surface area is 267 Å². The van der Waals surface area contributed by atoms with Gasteiger partial charge in [-0.05, 0) is 30.2 Å². The largest absolute Gasteiger partial charge is 0.481 e. The number of aliphatic hydroxyl groups is 2. The van der Waals surface area contributed by atoms with Crippen molar-refractivity contribution in [3.05, 3.63) is 35.9 Å². The van der Waals surface area contributed by atoms with Crippen molar-refractivity contribution in [3.8, 4) is 0 Å². The zero-order valence-corrected chi connectivity index (χ0v) is 26.4. The van der Waals surface area contributed by atoms with Crippen LogP contribution in [0.15, 0.2) is 30.3 Å². The van der Waals surface area contributed by atoms with E-state index >= 15 is 0 Å². The zero-order valence-electron chi connectivity index (χ0n) is 26.4. The van der Waals surface area contributed by atoms with Gasteiger partial charge in [-0.1, -0.05) is 58.0 Å². The van der Waals surface area contributed by atoms with Gasteiger partial charge in [-0.15, -0.1) is 0 Å². The third-order valence-electron chi connectivity index (χ3n) is 6.39. The number of aldehydes is 1. The monoisotopic (exact) mass is 651 g/mol. The van der Waals surface area contributed by atoms with Crippen LogP contribution >= 0.6 is 0 Å². The third-order valence-corrected chi connectivity index (χ3v) is 6.39. The molecule has 0 aliphatic carbocycles. The number of nitrogens with one attached hydrogen (secondary N) is 5. The van der Waals surface area contributed by atoms with Crippen molar-refractivity contribution in [1.29, 1.82) is 0 Å². The maximum absolute atomic E-state index is 13.1. The molecule has 0 aromatic heterocycles. The Morgan fingerprint density at radius 1 is 0.696 bits per heavy atom. The van der Waals surface area contributed by atoms with Crippen LogP contribution in [0.25, 0.3) is 0 Å². The molecule has 0 saturated carbocycles. The number of benzene rings is 1. The molecule has 0 aliphatic heterocycles. The highest BCUT2D eigenvalue weighted by atomic mass is 16.5. The van der Waals surface area contributed by atoms with Gasteiger partial charge in [0.25, 0.3) is 0 Å². The average molecular weight is 652 g/mol. The first-order chi connectivity index (χ1) is 21.7. The Hall–Kier alpha value is -4.57. The lowest BCUT2D eigenvalue weighted by atomic mass is 10.0. The molecule has 0 spiro atoms. The predicted octanol–water partition coefficient (Wildman–Crippen LogP) is -1.03. The fraction of sp³-hybridized carbons (Fsp3) is 0.567. The number of rotatable bonds is 20. The highest BCUT2D eigenvalue weighted by Gasteiger charge is 2.33. The van der Waals surface area contributed by atoms with E-state index in [0.717, 1.165) is 0 Å². The van der Waals surface area contributed by atoms with E-state index in [0.29, 0.717) is 18.3 Å². The molecule has 1 rings (SSSR count). The summed E-state index contributed by atoms with van der Waals surface area (Å²) in [5.41, 5.74) is 0.659. The van der Waals surface area contributed by atoms with Gasteiger partial charge in [-0.25, -0.2) is 4.79 Å². The third kappa shape index (κ3) is 14.9. The molecule has 1 aromatic rings. The van der Waals surface area contributed by atoms with Crippen LogP contribution in [0.1, 0.15) is 52.5 Å². The van der Waals surface area contributed by atoms with Gasteiger partial charge in [0.05, 0.1) is 25.7 Å². The Balaban J connectivity index is 2.94. The number of alkyl carbamates (subject to hydrolysis) is 1. The minimum absolute atomic E-state index is 0.0839. The number of carboxylic acids is 1. The normalized spacial score (nSPS) is 14.2. The van der Waals surface area contributed by atoms with Crippen molar-refractivity contribution in [3.63, 3.8) is 0 Å². The molecule has 256 valence electrons. The fourth-order valence-electron chi connectivity index (χ4n) is 4.14. The summed E-state index contributed by atoms with van der Waals surface area (Å²) >= 11 is 0. The Morgan fingerprint density at radius 2 is 1.17 bits per heavy atom. The molecular formula is C30H45N5O11. The maximum Gasteiger partial charge on any atom is 0.408 e. The number of aliphatic carboxylic acids is 1. The van der Waals surface area contributed by atoms with Gasteiger partial charge in [0, 0.05) is 0 Å². The molecule has 5 atom stereocenters. The Bertz CT molecular complexity index is 1180. The number of carboxylic acid groups (broad SMARTS) is 1. The Kier molecular flexibility index (Phi) is 17.5. The van der Waals surface area contributed by atoms with E-state index in [4.69, 9.17) is 4.74 Å². The van der Waals surface area contributed by atoms with Crippen molar-refractivity contribution in [2.75, 3.05) is 13.2 Å². The number of hydrogen-bond acceptors (Lipinski definition) is 10. The van der Waals surface area contributed by atoms with Gasteiger partial charge < -0.3 is 51.4 Å². The van der Waals surface area contributed by atoms with Crippen LogP contribution in [0.5, 0.6) is 0 Å². The second kappa shape index (κ2) is 20.5. The van der Waals surface area contributed by atoms with E-state index < -0.39 is 85.5 Å². The summed E-state index contributed by atoms with van der Waals surface area (Å²) in [4.78, 5) is 86.8. The summed E-state index contributed by atoms with van der Waals surface area (Å²) < 4.78 is 5.01. The summed E-state index contributed by atoms with van der Waals surface area (Å²) in [6.07, 6.45) is -0.918. The number of amides is 5. The van der Waals surface area contributed by atoms with Crippen LogP contribution in [0.4, 0.5) is 4.79 Å². The van der Waals surface area contributed by atoms with Gasteiger partial charge in [0.15, 0.2) is 0 Å². The zero-order chi connectivity index (χ0) is 34.8. The molecule has 8 N–H and O–H groups in total. The first-order valence-corrected chi connectivity index (χ1v) is 14.8. The van der Waals surface area contributed by atoms with Crippen molar-refractivity contribution in [2.45, 2.75) is 83.8 Å². The lowest BCUT2D eigenvalue weighted by Gasteiger charge is -2.26. The summed E-state index contributed by atoms with van der Waals surface area (Å²) in [5.74, 6) is -5.48. The minimum Gasteiger partial charge on any atom is -0.481 e. The van der Waals surface area contributed by atoms with Crippen molar-refractivity contribution >= 4 is 42.0 Å². The molecule has 1 aromatic carbocycles. The van der Waals surface area contributed by atoms with Crippen LogP contribution < -0.4 is 26.6 Å². The van der Waals surface area contributed by atoms with E-state index in [-0.39, 0.29) is 24.9 Å². The molecule has 0 radical (unpaired) electrons. The molecule has 0 bridgehead atoms. The van der Waals surface area contributed by atoms with Crippen molar-refractivity contribution in [2.24, 2.45) is 11.8 Å². The molecule has 0 heterocycles. The smallest absolute Gasteiger partial charge is 0.408 e. The lowest BCUT2D eigenvalue weighted by molar-refractivity contribution is -0.141. The number of ether oxygens (including phenoxy) is 1. The summed E-state index contributed by atoms with van der Waals surface area (Å²) in [7, 11) is 0. The molecule has 16 heteroatoms. The van der Waals surface area contributed by atoms with E-state index in [2.05, 4.69) is 26.6 Å². The predicted molar refractivity (Wildman–Crippen MR) is 163 cm³/mol. The van der Waals surface area contributed by atoms with Crippen LogP contribution in [0, 0.1) is 11.8 Å². The summed E-state index contributed by atoms with van der Waals surface area (Å²) in [6.45, 7) is 5.24. The lowest BCUT2D eigenvalue weighted by Crippen LogP contribution is -2.60. The number of carbonyl (C=O) groups excluding carboxylic acids is 6. The topological polar surface area (TPSA) is 250 Å². The molecule has 16 nitrogen and oxygen atoms in total. The molecule has 0 unspecified atom stereocenters. The molecule has 0 fully saturated rings. The Morgan fingerprint density at radius 3 is 1.67 bits per heavy atom. The highest BCUT2D eigenvalue weighted by molar-refractivity contribution is 5.97. The molecule has 0 saturated heterocycles. The SMILES string of the molecule is CC(C)C[C@@H](C=O)NC(=O)[C@H](CC(C)C)NC(=O)[C@H](CC(=O)O)NC(=O)[C@H](CO)NC(=O)[C@H](CO)NC(=O)OCc1ccccc1. The quantitative estimate of drug-likeness (QED) is 0.0792. The van der Waals surface area contributed by atoms with Crippen molar-refractivity contribution < 1.29 is 53.6 Å². The van der Waals surface area contributed by atoms with Crippen LogP contribution in [0.3, 0.4) is 0 Å². The van der Waals surface area contributed by atoms with Gasteiger partial charge in [-0.3, -0.25) is 24.0 Å². The standard InChI is InChI=1S/C30H45N5O11/c1-17(2)10-20(13-36)31-26(41)21(11-18(3)4)32-27(42)22(12-25(39)40)33-28(43)23(14-37)34-29(44)24(15-38)35-30(45)46-16-19-8-6-5-7-9-19/h5-9,13,17-18,20-24,37-38H,10-12,14-16H2,1-4H3,(H,31,41)(H,32,42)(H,33,43)(H,34,44)(H,35,45)(H,39,40)/t20-,21-,22-,23-,24-/m0/s1. The second-order valence-electron chi connectivity index (χ2n) is 11.4. The van der Waals surface area contributed by atoms with Gasteiger partial charge >= 0.3 is 12.1 Å². The second-order valence-corrected chi connectivity index (χ2v) is 11.4. The first-order valence-electron chi connectivity index (χ1n) is 14.8. The number of carbonyl (C=O) groups is 7. The van der Waals surface area contributed by atoms with Gasteiger partial charge in [-0.2, -0.15) is 0 Å². The number of hydrogen-bond donors (Lipinski definition) is 8. The van der Waals surface area contributed by atoms with E-state index in [1.54, 1.807) is 44.2 Å². The molecular weight excluding hydrogens is 606 g/mol. The first kappa shape index (κ1) is 39.5. The van der Waals surface area contributed by atoms with E-state index in [9.17, 15) is 48.9 Å². The molecule has 0 aliphatic rings. The summed E-state index contributed by atoms with van der Waals surface area (Å²) in [5, 5.41) is 40.1. The van der Waals surface area contributed by atoms with Gasteiger partial charge in [0.2, 0.25) is 23.6 Å². The fourth-order valence-corrected chi connectivity index (χ4v) is 4.14. The maximum atomic E-state index is 13.1. The van der Waals surface area contributed by atoms with Crippen LogP contribution in [-0.2, 0) is 40.1 Å². The average Bonchev–Trinajstić information content (AvgIpc) is 2.99. The van der Waals surface area contributed by atoms with Crippen LogP contribution in [0.2, 0.25) is 0 Å². The van der Waals surface area contributed by atoms with E-state index in [1.165, 1.54) is 0 Å². The summed E-state index contributed by atoms with van der Waals surface area (Å²) in [6, 6.07) is 1.56.